The van der Waals surface area contributed by atoms with Crippen LogP contribution in [0.2, 0.25) is 19.6 Å². The SMILES string of the molecule is CC(=O)Nc1cc(Oc2ccc(NC(=O)Nc3cc([Si](C)(C)C)ccc3F)c(F)c2)ccn1. The molecular weight excluding hydrogens is 446 g/mol. The highest BCUT2D eigenvalue weighted by molar-refractivity contribution is 6.88. The Balaban J connectivity index is 1.68. The number of aromatic nitrogens is 1. The Morgan fingerprint density at radius 1 is 0.848 bits per heavy atom. The number of hydrogen-bond acceptors (Lipinski definition) is 4. The monoisotopic (exact) mass is 470 g/mol. The van der Waals surface area contributed by atoms with Crippen LogP contribution in [0, 0.1) is 11.6 Å². The second-order valence-electron chi connectivity index (χ2n) is 8.33. The second-order valence-corrected chi connectivity index (χ2v) is 13.4. The van der Waals surface area contributed by atoms with Crippen molar-refractivity contribution in [2.75, 3.05) is 16.0 Å². The van der Waals surface area contributed by atoms with Gasteiger partial charge in [-0.3, -0.25) is 4.79 Å². The average Bonchev–Trinajstić information content (AvgIpc) is 2.70. The van der Waals surface area contributed by atoms with Crippen molar-refractivity contribution in [3.8, 4) is 11.5 Å². The summed E-state index contributed by atoms with van der Waals surface area (Å²) in [5.41, 5.74) is -0.0734. The van der Waals surface area contributed by atoms with Crippen LogP contribution in [0.4, 0.5) is 30.8 Å². The number of nitrogens with zero attached hydrogens (tertiary/aromatic N) is 1. The number of halogens is 2. The van der Waals surface area contributed by atoms with E-state index in [0.717, 1.165) is 11.3 Å². The fourth-order valence-corrected chi connectivity index (χ4v) is 4.04. The normalized spacial score (nSPS) is 11.0. The lowest BCUT2D eigenvalue weighted by atomic mass is 10.3. The Morgan fingerprint density at radius 3 is 2.21 bits per heavy atom. The maximum Gasteiger partial charge on any atom is 0.323 e. The van der Waals surface area contributed by atoms with Crippen LogP contribution in [0.25, 0.3) is 0 Å². The van der Waals surface area contributed by atoms with Gasteiger partial charge >= 0.3 is 6.03 Å². The Labute approximate surface area is 191 Å². The Bertz CT molecular complexity index is 1200. The molecule has 172 valence electrons. The summed E-state index contributed by atoms with van der Waals surface area (Å²) in [5, 5.41) is 8.31. The van der Waals surface area contributed by atoms with Gasteiger partial charge in [-0.2, -0.15) is 0 Å². The van der Waals surface area contributed by atoms with E-state index in [4.69, 9.17) is 4.74 Å². The van der Waals surface area contributed by atoms with Gasteiger partial charge in [0, 0.05) is 25.3 Å². The number of carbonyl (C=O) groups is 2. The lowest BCUT2D eigenvalue weighted by Crippen LogP contribution is -2.38. The number of urea groups is 1. The molecule has 3 rings (SSSR count). The lowest BCUT2D eigenvalue weighted by molar-refractivity contribution is -0.114. The van der Waals surface area contributed by atoms with Crippen LogP contribution in [0.5, 0.6) is 11.5 Å². The first-order chi connectivity index (χ1) is 15.5. The van der Waals surface area contributed by atoms with E-state index in [1.165, 1.54) is 37.4 Å². The Hall–Kier alpha value is -3.79. The Morgan fingerprint density at radius 2 is 1.55 bits per heavy atom. The molecule has 0 radical (unpaired) electrons. The number of pyridine rings is 1. The zero-order chi connectivity index (χ0) is 24.2. The van der Waals surface area contributed by atoms with Gasteiger partial charge in [0.1, 0.15) is 29.0 Å². The van der Waals surface area contributed by atoms with Gasteiger partial charge in [-0.1, -0.05) is 30.9 Å². The molecular formula is C23H24F2N4O3Si. The molecule has 3 aromatic rings. The van der Waals surface area contributed by atoms with Crippen LogP contribution < -0.4 is 25.9 Å². The van der Waals surface area contributed by atoms with Crippen LogP contribution in [-0.2, 0) is 4.79 Å². The fraction of sp³-hybridized carbons (Fsp3) is 0.174. The molecule has 0 saturated heterocycles. The number of hydrogen-bond donors (Lipinski definition) is 3. The van der Waals surface area contributed by atoms with E-state index in [9.17, 15) is 18.4 Å². The minimum atomic E-state index is -1.71. The summed E-state index contributed by atoms with van der Waals surface area (Å²) in [6.07, 6.45) is 1.44. The average molecular weight is 471 g/mol. The van der Waals surface area contributed by atoms with Gasteiger partial charge in [0.15, 0.2) is 0 Å². The molecule has 3 N–H and O–H groups in total. The first kappa shape index (κ1) is 23.9. The summed E-state index contributed by atoms with van der Waals surface area (Å²) in [4.78, 5) is 27.5. The molecule has 0 saturated carbocycles. The van der Waals surface area contributed by atoms with Crippen molar-refractivity contribution in [2.45, 2.75) is 26.6 Å². The van der Waals surface area contributed by atoms with E-state index in [1.54, 1.807) is 18.2 Å². The van der Waals surface area contributed by atoms with Crippen molar-refractivity contribution >= 4 is 42.4 Å². The van der Waals surface area contributed by atoms with E-state index in [0.29, 0.717) is 11.6 Å². The molecule has 0 unspecified atom stereocenters. The largest absolute Gasteiger partial charge is 0.457 e. The third-order valence-corrected chi connectivity index (χ3v) is 6.58. The molecule has 0 atom stereocenters. The molecule has 0 spiro atoms. The van der Waals surface area contributed by atoms with Gasteiger partial charge in [0.05, 0.1) is 19.4 Å². The second kappa shape index (κ2) is 9.78. The molecule has 7 nitrogen and oxygen atoms in total. The van der Waals surface area contributed by atoms with Gasteiger partial charge in [-0.25, -0.2) is 18.6 Å². The predicted molar refractivity (Wildman–Crippen MR) is 127 cm³/mol. The maximum absolute atomic E-state index is 14.5. The topological polar surface area (TPSA) is 92.4 Å². The van der Waals surface area contributed by atoms with Crippen LogP contribution in [0.15, 0.2) is 54.7 Å². The highest BCUT2D eigenvalue weighted by Gasteiger charge is 2.19. The summed E-state index contributed by atoms with van der Waals surface area (Å²) in [6, 6.07) is 10.8. The highest BCUT2D eigenvalue weighted by Crippen LogP contribution is 2.27. The lowest BCUT2D eigenvalue weighted by Gasteiger charge is -2.18. The van der Waals surface area contributed by atoms with Crippen molar-refractivity contribution in [3.05, 3.63) is 66.4 Å². The van der Waals surface area contributed by atoms with Gasteiger partial charge < -0.3 is 20.7 Å². The molecule has 1 aromatic heterocycles. The zero-order valence-electron chi connectivity index (χ0n) is 18.6. The molecule has 3 amide bonds. The van der Waals surface area contributed by atoms with Crippen LogP contribution >= 0.6 is 0 Å². The minimum absolute atomic E-state index is 0.0282. The summed E-state index contributed by atoms with van der Waals surface area (Å²) in [7, 11) is -1.71. The first-order valence-corrected chi connectivity index (χ1v) is 13.6. The Kier molecular flexibility index (Phi) is 7.07. The molecule has 0 aliphatic carbocycles. The number of carbonyl (C=O) groups excluding carboxylic acids is 2. The van der Waals surface area contributed by atoms with Crippen molar-refractivity contribution in [2.24, 2.45) is 0 Å². The van der Waals surface area contributed by atoms with Crippen LogP contribution in [-0.4, -0.2) is 25.0 Å². The number of anilines is 3. The van der Waals surface area contributed by atoms with Crippen molar-refractivity contribution in [3.63, 3.8) is 0 Å². The van der Waals surface area contributed by atoms with Gasteiger partial charge in [-0.15, -0.1) is 0 Å². The highest BCUT2D eigenvalue weighted by atomic mass is 28.3. The molecule has 0 fully saturated rings. The minimum Gasteiger partial charge on any atom is -0.457 e. The van der Waals surface area contributed by atoms with Crippen LogP contribution in [0.1, 0.15) is 6.92 Å². The third kappa shape index (κ3) is 6.59. The predicted octanol–water partition coefficient (Wildman–Crippen LogP) is 5.30. The van der Waals surface area contributed by atoms with Gasteiger partial charge in [0.25, 0.3) is 0 Å². The number of rotatable bonds is 6. The number of nitrogens with one attached hydrogen (secondary N) is 3. The summed E-state index contributed by atoms with van der Waals surface area (Å²) < 4.78 is 34.3. The van der Waals surface area contributed by atoms with E-state index in [-0.39, 0.29) is 23.0 Å². The van der Waals surface area contributed by atoms with Crippen molar-refractivity contribution in [1.82, 2.24) is 4.98 Å². The maximum atomic E-state index is 14.5. The molecule has 0 bridgehead atoms. The molecule has 10 heteroatoms. The number of benzene rings is 2. The fourth-order valence-electron chi connectivity index (χ4n) is 2.88. The smallest absolute Gasteiger partial charge is 0.323 e. The molecule has 2 aromatic carbocycles. The molecule has 1 heterocycles. The molecule has 0 aliphatic heterocycles. The molecule has 33 heavy (non-hydrogen) atoms. The van der Waals surface area contributed by atoms with E-state index in [2.05, 4.69) is 40.6 Å². The standard InChI is InChI=1S/C23H24F2N4O3Si/c1-14(30)27-22-12-16(9-10-26-22)32-15-5-8-20(19(25)11-15)28-23(31)29-21-13-17(33(2,3)4)6-7-18(21)24/h5-13H,1-4H3,(H,26,27,30)(H2,28,29,31). The first-order valence-electron chi connectivity index (χ1n) is 10.1. The summed E-state index contributed by atoms with van der Waals surface area (Å²) in [6.45, 7) is 7.67. The van der Waals surface area contributed by atoms with E-state index < -0.39 is 25.7 Å². The molecule has 0 aliphatic rings. The zero-order valence-corrected chi connectivity index (χ0v) is 19.6. The number of amides is 3. The summed E-state index contributed by atoms with van der Waals surface area (Å²) in [5.74, 6) is -0.800. The van der Waals surface area contributed by atoms with Gasteiger partial charge in [0.2, 0.25) is 5.91 Å². The summed E-state index contributed by atoms with van der Waals surface area (Å²) >= 11 is 0. The number of ether oxygens (including phenoxy) is 1. The van der Waals surface area contributed by atoms with Crippen molar-refractivity contribution in [1.29, 1.82) is 0 Å². The third-order valence-electron chi connectivity index (χ3n) is 4.54. The quantitative estimate of drug-likeness (QED) is 0.426. The van der Waals surface area contributed by atoms with Gasteiger partial charge in [-0.05, 0) is 30.3 Å². The van der Waals surface area contributed by atoms with E-state index in [1.807, 2.05) is 0 Å². The van der Waals surface area contributed by atoms with Crippen molar-refractivity contribution < 1.29 is 23.1 Å². The van der Waals surface area contributed by atoms with Crippen LogP contribution in [0.3, 0.4) is 0 Å². The van der Waals surface area contributed by atoms with E-state index >= 15 is 0 Å².